The number of rotatable bonds is 12. The van der Waals surface area contributed by atoms with Crippen LogP contribution in [0.5, 0.6) is 11.5 Å². The number of anilines is 6. The molecule has 13 nitrogen and oxygen atoms in total. The van der Waals surface area contributed by atoms with Crippen LogP contribution in [0.1, 0.15) is 31.8 Å². The molecule has 0 radical (unpaired) electrons. The summed E-state index contributed by atoms with van der Waals surface area (Å²) < 4.78 is 6.02. The number of amides is 2. The van der Waals surface area contributed by atoms with Crippen LogP contribution in [0, 0.1) is 13.8 Å². The van der Waals surface area contributed by atoms with Gasteiger partial charge in [0.2, 0.25) is 11.9 Å². The average Bonchev–Trinajstić information content (AvgIpc) is 3.27. The molecule has 4 aromatic carbocycles. The van der Waals surface area contributed by atoms with E-state index in [4.69, 9.17) is 4.74 Å². The highest BCUT2D eigenvalue weighted by Gasteiger charge is 2.13. The first-order valence-electron chi connectivity index (χ1n) is 18.6. The topological polar surface area (TPSA) is 169 Å². The van der Waals surface area contributed by atoms with Crippen LogP contribution in [0.3, 0.4) is 0 Å². The van der Waals surface area contributed by atoms with Crippen LogP contribution >= 0.6 is 0 Å². The molecular weight excluding hydrogens is 741 g/mol. The van der Waals surface area contributed by atoms with Crippen molar-refractivity contribution in [3.8, 4) is 34.0 Å². The number of hydrogen-bond acceptors (Lipinski definition) is 11. The Labute approximate surface area is 339 Å². The van der Waals surface area contributed by atoms with E-state index in [2.05, 4.69) is 51.2 Å². The van der Waals surface area contributed by atoms with Crippen LogP contribution < -0.4 is 26.0 Å². The van der Waals surface area contributed by atoms with Crippen molar-refractivity contribution in [1.29, 1.82) is 0 Å². The van der Waals surface area contributed by atoms with Gasteiger partial charge in [0, 0.05) is 82.2 Å². The third-order valence-corrected chi connectivity index (χ3v) is 9.18. The molecular formula is C46H36N10O3. The molecule has 0 atom stereocenters. The van der Waals surface area contributed by atoms with E-state index in [0.29, 0.717) is 45.9 Å². The predicted octanol–water partition coefficient (Wildman–Crippen LogP) is 9.79. The van der Waals surface area contributed by atoms with Crippen LogP contribution in [-0.2, 0) is 0 Å². The zero-order chi connectivity index (χ0) is 40.6. The fourth-order valence-corrected chi connectivity index (χ4v) is 5.99. The second kappa shape index (κ2) is 17.2. The average molecular weight is 777 g/mol. The van der Waals surface area contributed by atoms with Gasteiger partial charge in [-0.05, 0) is 134 Å². The molecule has 59 heavy (non-hydrogen) atoms. The summed E-state index contributed by atoms with van der Waals surface area (Å²) in [6, 6.07) is 36.0. The zero-order valence-corrected chi connectivity index (χ0v) is 31.9. The minimum Gasteiger partial charge on any atom is -0.457 e. The summed E-state index contributed by atoms with van der Waals surface area (Å²) in [6.07, 6.45) is 10.3. The minimum atomic E-state index is -0.281. The van der Waals surface area contributed by atoms with Gasteiger partial charge in [0.1, 0.15) is 11.5 Å². The molecule has 0 bridgehead atoms. The van der Waals surface area contributed by atoms with Gasteiger partial charge in [-0.25, -0.2) is 19.9 Å². The van der Waals surface area contributed by atoms with Crippen molar-refractivity contribution in [2.75, 3.05) is 21.3 Å². The van der Waals surface area contributed by atoms with E-state index in [9.17, 15) is 9.59 Å². The van der Waals surface area contributed by atoms with Crippen molar-refractivity contribution < 1.29 is 14.3 Å². The standard InChI is InChI=1S/C46H36N10O3/c1-29-7-13-35(25-41(29)55-45-49-23-19-39(53-45)33-5-3-21-47-27-33)51-43(57)31-9-15-37(16-10-31)59-38-17-11-32(12-18-38)44(58)52-36-14-8-30(2)42(26-36)56-46-50-24-20-40(54-46)34-6-4-22-48-28-34/h3-28H,1-2H3,(H,51,57)(H,52,58)(H,49,53,55)(H,50,54,56). The molecule has 4 N–H and O–H groups in total. The molecule has 0 unspecified atom stereocenters. The molecule has 288 valence electrons. The van der Waals surface area contributed by atoms with Gasteiger partial charge < -0.3 is 26.0 Å². The Bertz CT molecular complexity index is 2560. The largest absolute Gasteiger partial charge is 0.457 e. The number of aromatic nitrogens is 6. The number of carbonyl (C=O) groups excluding carboxylic acids is 2. The molecule has 2 amide bonds. The maximum absolute atomic E-state index is 13.2. The Hall–Kier alpha value is -8.32. The molecule has 0 saturated heterocycles. The first-order valence-corrected chi connectivity index (χ1v) is 18.6. The van der Waals surface area contributed by atoms with Gasteiger partial charge in [0.15, 0.2) is 0 Å². The highest BCUT2D eigenvalue weighted by molar-refractivity contribution is 6.05. The smallest absolute Gasteiger partial charge is 0.255 e. The van der Waals surface area contributed by atoms with E-state index in [1.54, 1.807) is 85.7 Å². The molecule has 8 rings (SSSR count). The zero-order valence-electron chi connectivity index (χ0n) is 31.9. The molecule has 8 aromatic rings. The SMILES string of the molecule is Cc1ccc(NC(=O)c2ccc(Oc3ccc(C(=O)Nc4ccc(C)c(Nc5nccc(-c6cccnc6)n5)c4)cc3)cc2)cc1Nc1nccc(-c2cccnc2)n1. The summed E-state index contributed by atoms with van der Waals surface area (Å²) in [7, 11) is 0. The van der Waals surface area contributed by atoms with Crippen molar-refractivity contribution >= 4 is 46.5 Å². The fraction of sp³-hybridized carbons (Fsp3) is 0.0435. The number of hydrogen-bond donors (Lipinski definition) is 4. The van der Waals surface area contributed by atoms with Gasteiger partial charge in [-0.3, -0.25) is 19.6 Å². The lowest BCUT2D eigenvalue weighted by Gasteiger charge is -2.13. The summed E-state index contributed by atoms with van der Waals surface area (Å²) in [6.45, 7) is 3.92. The van der Waals surface area contributed by atoms with Gasteiger partial charge in [0.25, 0.3) is 11.8 Å². The number of aryl methyl sites for hydroxylation is 2. The lowest BCUT2D eigenvalue weighted by Crippen LogP contribution is -2.12. The van der Waals surface area contributed by atoms with Gasteiger partial charge >= 0.3 is 0 Å². The van der Waals surface area contributed by atoms with E-state index in [1.165, 1.54) is 0 Å². The van der Waals surface area contributed by atoms with Crippen LogP contribution in [0.2, 0.25) is 0 Å². The molecule has 0 aliphatic heterocycles. The van der Waals surface area contributed by atoms with E-state index in [1.807, 2.05) is 86.6 Å². The van der Waals surface area contributed by atoms with Gasteiger partial charge in [-0.1, -0.05) is 12.1 Å². The molecule has 0 aliphatic carbocycles. The third-order valence-electron chi connectivity index (χ3n) is 9.18. The van der Waals surface area contributed by atoms with Crippen LogP contribution in [-0.4, -0.2) is 41.7 Å². The number of nitrogens with one attached hydrogen (secondary N) is 4. The third kappa shape index (κ3) is 9.39. The summed E-state index contributed by atoms with van der Waals surface area (Å²) in [5.74, 6) is 1.35. The monoisotopic (exact) mass is 776 g/mol. The van der Waals surface area contributed by atoms with Crippen molar-refractivity contribution in [3.05, 3.63) is 181 Å². The first kappa shape index (κ1) is 37.6. The second-order valence-corrected chi connectivity index (χ2v) is 13.4. The summed E-state index contributed by atoms with van der Waals surface area (Å²) in [5.41, 5.74) is 8.77. The van der Waals surface area contributed by atoms with E-state index >= 15 is 0 Å². The van der Waals surface area contributed by atoms with Crippen molar-refractivity contribution in [3.63, 3.8) is 0 Å². The van der Waals surface area contributed by atoms with Crippen LogP contribution in [0.4, 0.5) is 34.6 Å². The Morgan fingerprint density at radius 3 is 1.36 bits per heavy atom. The molecule has 13 heteroatoms. The number of nitrogens with zero attached hydrogens (tertiary/aromatic N) is 6. The Morgan fingerprint density at radius 1 is 0.508 bits per heavy atom. The normalized spacial score (nSPS) is 10.7. The van der Waals surface area contributed by atoms with Crippen LogP contribution in [0.25, 0.3) is 22.5 Å². The molecule has 4 heterocycles. The second-order valence-electron chi connectivity index (χ2n) is 13.4. The maximum atomic E-state index is 13.2. The molecule has 0 spiro atoms. The summed E-state index contributed by atoms with van der Waals surface area (Å²) in [5, 5.41) is 12.4. The maximum Gasteiger partial charge on any atom is 0.255 e. The van der Waals surface area contributed by atoms with E-state index in [-0.39, 0.29) is 11.8 Å². The molecule has 0 aliphatic rings. The quantitative estimate of drug-likeness (QED) is 0.0932. The lowest BCUT2D eigenvalue weighted by molar-refractivity contribution is 0.101. The molecule has 0 saturated carbocycles. The van der Waals surface area contributed by atoms with Gasteiger partial charge in [0.05, 0.1) is 11.4 Å². The Balaban J connectivity index is 0.856. The van der Waals surface area contributed by atoms with Crippen molar-refractivity contribution in [1.82, 2.24) is 29.9 Å². The van der Waals surface area contributed by atoms with E-state index < -0.39 is 0 Å². The number of benzene rings is 4. The van der Waals surface area contributed by atoms with Gasteiger partial charge in [-0.15, -0.1) is 0 Å². The Morgan fingerprint density at radius 2 is 0.949 bits per heavy atom. The lowest BCUT2D eigenvalue weighted by atomic mass is 10.1. The first-order chi connectivity index (χ1) is 28.8. The summed E-state index contributed by atoms with van der Waals surface area (Å²) >= 11 is 0. The van der Waals surface area contributed by atoms with E-state index in [0.717, 1.165) is 45.0 Å². The van der Waals surface area contributed by atoms with Crippen LogP contribution in [0.15, 0.2) is 159 Å². The van der Waals surface area contributed by atoms with Gasteiger partial charge in [-0.2, -0.15) is 0 Å². The Kier molecular flexibility index (Phi) is 11.0. The predicted molar refractivity (Wildman–Crippen MR) is 228 cm³/mol. The minimum absolute atomic E-state index is 0.281. The molecule has 4 aromatic heterocycles. The highest BCUT2D eigenvalue weighted by atomic mass is 16.5. The number of carbonyl (C=O) groups is 2. The number of ether oxygens (including phenoxy) is 1. The van der Waals surface area contributed by atoms with Crippen molar-refractivity contribution in [2.45, 2.75) is 13.8 Å². The van der Waals surface area contributed by atoms with Crippen molar-refractivity contribution in [2.24, 2.45) is 0 Å². The highest BCUT2D eigenvalue weighted by Crippen LogP contribution is 2.28. The number of pyridine rings is 2. The molecule has 0 fully saturated rings. The summed E-state index contributed by atoms with van der Waals surface area (Å²) in [4.78, 5) is 52.7. The fourth-order valence-electron chi connectivity index (χ4n) is 5.99.